The molecule has 0 fully saturated rings. The molecule has 2 aromatic rings. The molecular formula is C11H8F2N2S. The van der Waals surface area contributed by atoms with Crippen LogP contribution in [0, 0.1) is 16.3 Å². The second-order valence-electron chi connectivity index (χ2n) is 3.29. The predicted octanol–water partition coefficient (Wildman–Crippen LogP) is 3.01. The molecule has 2 rings (SSSR count). The molecule has 0 amide bonds. The summed E-state index contributed by atoms with van der Waals surface area (Å²) in [4.78, 5) is 6.86. The first kappa shape index (κ1) is 10.9. The molecule has 1 N–H and O–H groups in total. The molecule has 0 unspecified atom stereocenters. The van der Waals surface area contributed by atoms with Crippen LogP contribution in [0.3, 0.4) is 0 Å². The lowest BCUT2D eigenvalue weighted by molar-refractivity contribution is 0.573. The largest absolute Gasteiger partial charge is 0.335 e. The monoisotopic (exact) mass is 238 g/mol. The number of benzene rings is 1. The third kappa shape index (κ3) is 2.49. The van der Waals surface area contributed by atoms with Crippen LogP contribution in [-0.2, 0) is 6.42 Å². The molecule has 0 aliphatic rings. The second kappa shape index (κ2) is 4.49. The number of rotatable bonds is 2. The van der Waals surface area contributed by atoms with E-state index >= 15 is 0 Å². The molecule has 2 nitrogen and oxygen atoms in total. The Hall–Kier alpha value is -1.62. The summed E-state index contributed by atoms with van der Waals surface area (Å²) in [6.07, 6.45) is 1.81. The topological polar surface area (TPSA) is 28.7 Å². The Bertz CT molecular complexity index is 566. The molecule has 0 aliphatic carbocycles. The van der Waals surface area contributed by atoms with Gasteiger partial charge in [-0.2, -0.15) is 0 Å². The van der Waals surface area contributed by atoms with E-state index in [1.807, 2.05) is 0 Å². The molecule has 0 aliphatic heterocycles. The Morgan fingerprint density at radius 1 is 1.25 bits per heavy atom. The quantitative estimate of drug-likeness (QED) is 0.815. The zero-order valence-corrected chi connectivity index (χ0v) is 9.02. The Balaban J connectivity index is 2.30. The maximum Gasteiger partial charge on any atom is 0.129 e. The van der Waals surface area contributed by atoms with Gasteiger partial charge >= 0.3 is 0 Å². The first-order valence-electron chi connectivity index (χ1n) is 4.63. The van der Waals surface area contributed by atoms with Crippen LogP contribution in [0.25, 0.3) is 0 Å². The average molecular weight is 238 g/mol. The Morgan fingerprint density at radius 3 is 2.75 bits per heavy atom. The van der Waals surface area contributed by atoms with Gasteiger partial charge in [-0.1, -0.05) is 18.3 Å². The molecule has 16 heavy (non-hydrogen) atoms. The highest BCUT2D eigenvalue weighted by molar-refractivity contribution is 7.71. The first-order valence-corrected chi connectivity index (χ1v) is 5.04. The van der Waals surface area contributed by atoms with Crippen molar-refractivity contribution in [1.29, 1.82) is 0 Å². The summed E-state index contributed by atoms with van der Waals surface area (Å²) in [6, 6.07) is 5.11. The van der Waals surface area contributed by atoms with Gasteiger partial charge in [0, 0.05) is 18.7 Å². The van der Waals surface area contributed by atoms with Crippen molar-refractivity contribution in [3.05, 3.63) is 58.1 Å². The van der Waals surface area contributed by atoms with Gasteiger partial charge in [0.15, 0.2) is 0 Å². The Morgan fingerprint density at radius 2 is 2.06 bits per heavy atom. The van der Waals surface area contributed by atoms with Crippen LogP contribution >= 0.6 is 12.2 Å². The molecule has 1 aromatic carbocycles. The van der Waals surface area contributed by atoms with Crippen molar-refractivity contribution in [3.8, 4) is 0 Å². The summed E-state index contributed by atoms with van der Waals surface area (Å²) in [5.41, 5.74) is 0.380. The molecule has 0 bridgehead atoms. The van der Waals surface area contributed by atoms with Crippen molar-refractivity contribution in [3.63, 3.8) is 0 Å². The summed E-state index contributed by atoms with van der Waals surface area (Å²) in [7, 11) is 0. The van der Waals surface area contributed by atoms with E-state index in [2.05, 4.69) is 9.97 Å². The van der Waals surface area contributed by atoms with Crippen molar-refractivity contribution < 1.29 is 8.78 Å². The lowest BCUT2D eigenvalue weighted by atomic mass is 10.1. The van der Waals surface area contributed by atoms with Crippen molar-refractivity contribution >= 4 is 12.2 Å². The molecular weight excluding hydrogens is 230 g/mol. The average Bonchev–Trinajstić information content (AvgIpc) is 2.22. The lowest BCUT2D eigenvalue weighted by Crippen LogP contribution is -1.98. The summed E-state index contributed by atoms with van der Waals surface area (Å²) in [5, 5.41) is 0. The van der Waals surface area contributed by atoms with Gasteiger partial charge in [-0.25, -0.2) is 13.8 Å². The lowest BCUT2D eigenvalue weighted by Gasteiger charge is -2.02. The van der Waals surface area contributed by atoms with Gasteiger partial charge in [-0.15, -0.1) is 0 Å². The fourth-order valence-corrected chi connectivity index (χ4v) is 1.53. The maximum atomic E-state index is 13.3. The number of nitrogens with one attached hydrogen (secondary N) is 1. The fraction of sp³-hybridized carbons (Fsp3) is 0.0909. The number of aromatic amines is 1. The van der Waals surface area contributed by atoms with E-state index in [9.17, 15) is 8.78 Å². The van der Waals surface area contributed by atoms with Gasteiger partial charge in [0.1, 0.15) is 22.1 Å². The van der Waals surface area contributed by atoms with Crippen LogP contribution in [0.15, 0.2) is 30.5 Å². The van der Waals surface area contributed by atoms with E-state index in [4.69, 9.17) is 12.2 Å². The number of halogens is 2. The van der Waals surface area contributed by atoms with Crippen molar-refractivity contribution in [1.82, 2.24) is 9.97 Å². The number of nitrogens with zero attached hydrogens (tertiary/aromatic N) is 1. The smallest absolute Gasteiger partial charge is 0.129 e. The number of hydrogen-bond donors (Lipinski definition) is 1. The van der Waals surface area contributed by atoms with Gasteiger partial charge in [0.25, 0.3) is 0 Å². The maximum absolute atomic E-state index is 13.3. The second-order valence-corrected chi connectivity index (χ2v) is 3.73. The van der Waals surface area contributed by atoms with Crippen LogP contribution in [-0.4, -0.2) is 9.97 Å². The summed E-state index contributed by atoms with van der Waals surface area (Å²) < 4.78 is 26.5. The van der Waals surface area contributed by atoms with Gasteiger partial charge in [0.2, 0.25) is 0 Å². The van der Waals surface area contributed by atoms with Crippen LogP contribution < -0.4 is 0 Å². The molecule has 82 valence electrons. The summed E-state index contributed by atoms with van der Waals surface area (Å²) >= 11 is 4.92. The normalized spacial score (nSPS) is 10.4. The van der Waals surface area contributed by atoms with Gasteiger partial charge in [0.05, 0.1) is 0 Å². The van der Waals surface area contributed by atoms with Gasteiger partial charge in [-0.05, 0) is 17.7 Å². The highest BCUT2D eigenvalue weighted by Crippen LogP contribution is 2.12. The van der Waals surface area contributed by atoms with E-state index < -0.39 is 11.6 Å². The Kier molecular flexibility index (Phi) is 3.05. The van der Waals surface area contributed by atoms with E-state index in [1.54, 1.807) is 12.3 Å². The standard InChI is InChI=1S/C11H8F2N2S/c12-8-2-1-7(9(13)6-8)5-10-14-4-3-11(16)15-10/h1-4,6H,5H2,(H,14,15,16). The third-order valence-corrected chi connectivity index (χ3v) is 2.33. The zero-order chi connectivity index (χ0) is 11.5. The highest BCUT2D eigenvalue weighted by atomic mass is 32.1. The SMILES string of the molecule is Fc1ccc(Cc2nccc(=S)[nH]2)c(F)c1. The molecule has 0 atom stereocenters. The van der Waals surface area contributed by atoms with Crippen LogP contribution in [0.1, 0.15) is 11.4 Å². The van der Waals surface area contributed by atoms with Gasteiger partial charge < -0.3 is 4.98 Å². The number of aromatic nitrogens is 2. The highest BCUT2D eigenvalue weighted by Gasteiger charge is 2.05. The van der Waals surface area contributed by atoms with Crippen LogP contribution in [0.4, 0.5) is 8.78 Å². The molecule has 1 heterocycles. The summed E-state index contributed by atoms with van der Waals surface area (Å²) in [5.74, 6) is -0.613. The zero-order valence-electron chi connectivity index (χ0n) is 8.21. The van der Waals surface area contributed by atoms with E-state index in [0.29, 0.717) is 16.0 Å². The van der Waals surface area contributed by atoms with Gasteiger partial charge in [-0.3, -0.25) is 0 Å². The molecule has 0 radical (unpaired) electrons. The van der Waals surface area contributed by atoms with Crippen LogP contribution in [0.2, 0.25) is 0 Å². The van der Waals surface area contributed by atoms with Crippen molar-refractivity contribution in [2.24, 2.45) is 0 Å². The Labute approximate surface area is 96.0 Å². The minimum Gasteiger partial charge on any atom is -0.335 e. The van der Waals surface area contributed by atoms with E-state index in [1.165, 1.54) is 12.1 Å². The minimum atomic E-state index is -0.588. The minimum absolute atomic E-state index is 0.261. The van der Waals surface area contributed by atoms with Crippen LogP contribution in [0.5, 0.6) is 0 Å². The van der Waals surface area contributed by atoms with Crippen molar-refractivity contribution in [2.75, 3.05) is 0 Å². The third-order valence-electron chi connectivity index (χ3n) is 2.10. The first-order chi connectivity index (χ1) is 7.65. The predicted molar refractivity (Wildman–Crippen MR) is 58.6 cm³/mol. The van der Waals surface area contributed by atoms with E-state index in [0.717, 1.165) is 6.07 Å². The van der Waals surface area contributed by atoms with E-state index in [-0.39, 0.29) is 6.42 Å². The fourth-order valence-electron chi connectivity index (χ4n) is 1.35. The number of H-pyrrole nitrogens is 1. The summed E-state index contributed by atoms with van der Waals surface area (Å²) in [6.45, 7) is 0. The number of hydrogen-bond acceptors (Lipinski definition) is 2. The molecule has 1 aromatic heterocycles. The molecule has 0 saturated carbocycles. The van der Waals surface area contributed by atoms with Crippen molar-refractivity contribution in [2.45, 2.75) is 6.42 Å². The molecule has 0 spiro atoms. The molecule has 0 saturated heterocycles. The molecule has 5 heteroatoms.